The van der Waals surface area contributed by atoms with Crippen molar-refractivity contribution >= 4 is 96.5 Å². The molecular formula is C52H30OS. The Morgan fingerprint density at radius 2 is 0.852 bits per heavy atom. The van der Waals surface area contributed by atoms with Crippen LogP contribution in [-0.4, -0.2) is 0 Å². The molecular weight excluding hydrogens is 673 g/mol. The van der Waals surface area contributed by atoms with Crippen molar-refractivity contribution in [2.75, 3.05) is 0 Å². The number of hydrogen-bond donors (Lipinski definition) is 0. The minimum Gasteiger partial charge on any atom is -0.456 e. The normalized spacial score (nSPS) is 12.1. The molecule has 0 aliphatic rings. The van der Waals surface area contributed by atoms with Crippen molar-refractivity contribution in [1.29, 1.82) is 0 Å². The summed E-state index contributed by atoms with van der Waals surface area (Å²) in [6, 6.07) is 66.8. The second-order valence-corrected chi connectivity index (χ2v) is 15.4. The minimum atomic E-state index is 0.937. The predicted octanol–water partition coefficient (Wildman–Crippen LogP) is 15.6. The van der Waals surface area contributed by atoms with E-state index in [1.54, 1.807) is 0 Å². The molecule has 0 fully saturated rings. The van der Waals surface area contributed by atoms with Crippen LogP contribution in [0.15, 0.2) is 186 Å². The summed E-state index contributed by atoms with van der Waals surface area (Å²) in [6.07, 6.45) is 0. The SMILES string of the molecule is c1ccc(-c2c3ccccc3c(-c3ccc4cc(-c5ccc6sc7c(ccc8c7ccc7oc9ccccc9c78)c6c5)ccc4c3)c3ccccc23)cc1. The molecule has 0 aliphatic carbocycles. The third kappa shape index (κ3) is 4.32. The molecule has 0 aliphatic heterocycles. The van der Waals surface area contributed by atoms with Gasteiger partial charge in [-0.15, -0.1) is 11.3 Å². The lowest BCUT2D eigenvalue weighted by atomic mass is 9.85. The van der Waals surface area contributed by atoms with Gasteiger partial charge in [-0.2, -0.15) is 0 Å². The standard InChI is InChI=1S/C52H30OS/c1-2-10-31(11-3-1)49-37-12-4-6-14-39(37)50(40-15-7-5-13-38(40)49)36-21-20-32-28-33(18-19-34(32)29-36)35-22-27-48-45(30-35)43-24-23-41-42(52(43)54-48)25-26-47-51(41)44-16-8-9-17-46(44)53-47/h1-30H. The number of para-hydroxylation sites is 1. The first-order valence-electron chi connectivity index (χ1n) is 18.5. The number of rotatable bonds is 3. The van der Waals surface area contributed by atoms with E-state index in [0.29, 0.717) is 0 Å². The number of furan rings is 1. The molecule has 12 aromatic rings. The van der Waals surface area contributed by atoms with E-state index in [1.807, 2.05) is 17.4 Å². The van der Waals surface area contributed by atoms with Gasteiger partial charge in [0.05, 0.1) is 0 Å². The fourth-order valence-electron chi connectivity index (χ4n) is 8.98. The molecule has 250 valence electrons. The van der Waals surface area contributed by atoms with Crippen LogP contribution in [0.25, 0.3) is 119 Å². The molecule has 2 heteroatoms. The van der Waals surface area contributed by atoms with Crippen LogP contribution < -0.4 is 0 Å². The van der Waals surface area contributed by atoms with Crippen LogP contribution in [-0.2, 0) is 0 Å². The van der Waals surface area contributed by atoms with Gasteiger partial charge >= 0.3 is 0 Å². The Morgan fingerprint density at radius 3 is 1.59 bits per heavy atom. The topological polar surface area (TPSA) is 13.1 Å². The molecule has 0 atom stereocenters. The molecule has 0 spiro atoms. The zero-order valence-corrected chi connectivity index (χ0v) is 30.0. The smallest absolute Gasteiger partial charge is 0.136 e. The zero-order chi connectivity index (χ0) is 35.3. The Hall–Kier alpha value is -6.74. The Labute approximate surface area is 314 Å². The van der Waals surface area contributed by atoms with Gasteiger partial charge in [-0.1, -0.05) is 140 Å². The van der Waals surface area contributed by atoms with Crippen molar-refractivity contribution in [1.82, 2.24) is 0 Å². The Bertz CT molecular complexity index is 3440. The Balaban J connectivity index is 0.980. The largest absolute Gasteiger partial charge is 0.456 e. The van der Waals surface area contributed by atoms with Crippen molar-refractivity contribution in [3.05, 3.63) is 182 Å². The Kier molecular flexibility index (Phi) is 6.28. The average molecular weight is 703 g/mol. The molecule has 0 amide bonds. The van der Waals surface area contributed by atoms with Gasteiger partial charge in [-0.05, 0) is 114 Å². The molecule has 10 aromatic carbocycles. The van der Waals surface area contributed by atoms with E-state index >= 15 is 0 Å². The van der Waals surface area contributed by atoms with Crippen LogP contribution >= 0.6 is 11.3 Å². The highest BCUT2D eigenvalue weighted by atomic mass is 32.1. The van der Waals surface area contributed by atoms with E-state index in [0.717, 1.165) is 11.2 Å². The quantitative estimate of drug-likeness (QED) is 0.167. The fourth-order valence-corrected chi connectivity index (χ4v) is 10.2. The molecule has 0 saturated carbocycles. The maximum Gasteiger partial charge on any atom is 0.136 e. The van der Waals surface area contributed by atoms with Gasteiger partial charge in [0.15, 0.2) is 0 Å². The summed E-state index contributed by atoms with van der Waals surface area (Å²) in [6.45, 7) is 0. The molecule has 0 unspecified atom stereocenters. The van der Waals surface area contributed by atoms with E-state index in [2.05, 4.69) is 176 Å². The summed E-state index contributed by atoms with van der Waals surface area (Å²) in [5, 5.41) is 15.1. The van der Waals surface area contributed by atoms with Crippen molar-refractivity contribution in [3.63, 3.8) is 0 Å². The van der Waals surface area contributed by atoms with Crippen LogP contribution in [0, 0.1) is 0 Å². The van der Waals surface area contributed by atoms with E-state index in [4.69, 9.17) is 4.42 Å². The third-order valence-electron chi connectivity index (χ3n) is 11.4. The third-order valence-corrected chi connectivity index (χ3v) is 12.6. The molecule has 12 rings (SSSR count). The summed E-state index contributed by atoms with van der Waals surface area (Å²) in [4.78, 5) is 0. The van der Waals surface area contributed by atoms with Gasteiger partial charge in [0.2, 0.25) is 0 Å². The molecule has 2 heterocycles. The van der Waals surface area contributed by atoms with Crippen LogP contribution in [0.3, 0.4) is 0 Å². The first-order chi connectivity index (χ1) is 26.8. The van der Waals surface area contributed by atoms with E-state index in [1.165, 1.54) is 107 Å². The fraction of sp³-hybridized carbons (Fsp3) is 0. The van der Waals surface area contributed by atoms with Crippen LogP contribution in [0.1, 0.15) is 0 Å². The summed E-state index contributed by atoms with van der Waals surface area (Å²) in [7, 11) is 0. The monoisotopic (exact) mass is 702 g/mol. The van der Waals surface area contributed by atoms with E-state index in [-0.39, 0.29) is 0 Å². The maximum absolute atomic E-state index is 6.21. The van der Waals surface area contributed by atoms with Crippen molar-refractivity contribution in [2.45, 2.75) is 0 Å². The Morgan fingerprint density at radius 1 is 0.315 bits per heavy atom. The van der Waals surface area contributed by atoms with Crippen LogP contribution in [0.2, 0.25) is 0 Å². The van der Waals surface area contributed by atoms with Gasteiger partial charge in [0.1, 0.15) is 11.2 Å². The van der Waals surface area contributed by atoms with Gasteiger partial charge < -0.3 is 4.42 Å². The molecule has 1 nitrogen and oxygen atoms in total. The molecule has 0 radical (unpaired) electrons. The first-order valence-corrected chi connectivity index (χ1v) is 19.3. The van der Waals surface area contributed by atoms with E-state index in [9.17, 15) is 0 Å². The van der Waals surface area contributed by atoms with Crippen LogP contribution in [0.5, 0.6) is 0 Å². The molecule has 0 N–H and O–H groups in total. The first kappa shape index (κ1) is 29.8. The number of hydrogen-bond acceptors (Lipinski definition) is 2. The summed E-state index contributed by atoms with van der Waals surface area (Å²) in [5.74, 6) is 0. The molecule has 0 bridgehead atoms. The maximum atomic E-state index is 6.21. The van der Waals surface area contributed by atoms with Gasteiger partial charge in [-0.25, -0.2) is 0 Å². The lowest BCUT2D eigenvalue weighted by molar-refractivity contribution is 0.669. The number of benzene rings is 10. The summed E-state index contributed by atoms with van der Waals surface area (Å²) >= 11 is 1.88. The van der Waals surface area contributed by atoms with Crippen LogP contribution in [0.4, 0.5) is 0 Å². The number of thiophene rings is 1. The molecule has 2 aromatic heterocycles. The second kappa shape index (κ2) is 11.4. The van der Waals surface area contributed by atoms with Crippen molar-refractivity contribution < 1.29 is 4.42 Å². The van der Waals surface area contributed by atoms with Crippen molar-refractivity contribution in [2.24, 2.45) is 0 Å². The highest BCUT2D eigenvalue weighted by Gasteiger charge is 2.18. The second-order valence-electron chi connectivity index (χ2n) is 14.4. The zero-order valence-electron chi connectivity index (χ0n) is 29.1. The summed E-state index contributed by atoms with van der Waals surface area (Å²) in [5.41, 5.74) is 9.41. The van der Waals surface area contributed by atoms with E-state index < -0.39 is 0 Å². The van der Waals surface area contributed by atoms with Gasteiger partial charge in [0, 0.05) is 36.3 Å². The highest BCUT2D eigenvalue weighted by Crippen LogP contribution is 2.46. The minimum absolute atomic E-state index is 0.937. The predicted molar refractivity (Wildman–Crippen MR) is 233 cm³/mol. The lowest BCUT2D eigenvalue weighted by Crippen LogP contribution is -1.90. The molecule has 0 saturated heterocycles. The van der Waals surface area contributed by atoms with Gasteiger partial charge in [-0.3, -0.25) is 0 Å². The van der Waals surface area contributed by atoms with Crippen molar-refractivity contribution in [3.8, 4) is 33.4 Å². The highest BCUT2D eigenvalue weighted by molar-refractivity contribution is 7.26. The lowest BCUT2D eigenvalue weighted by Gasteiger charge is -2.18. The average Bonchev–Trinajstić information content (AvgIpc) is 3.81. The molecule has 54 heavy (non-hydrogen) atoms. The number of fused-ring (bicyclic) bond motifs is 12. The summed E-state index contributed by atoms with van der Waals surface area (Å²) < 4.78 is 8.85. The van der Waals surface area contributed by atoms with Gasteiger partial charge in [0.25, 0.3) is 0 Å².